The Hall–Kier alpha value is -3.68. The average Bonchev–Trinajstić information content (AvgIpc) is 3.57. The minimum absolute atomic E-state index is 0.0506. The van der Waals surface area contributed by atoms with Gasteiger partial charge in [-0.25, -0.2) is 18.7 Å². The van der Waals surface area contributed by atoms with Gasteiger partial charge in [0.25, 0.3) is 5.91 Å². The predicted octanol–water partition coefficient (Wildman–Crippen LogP) is 3.68. The molecule has 2 aromatic carbocycles. The van der Waals surface area contributed by atoms with Crippen LogP contribution >= 0.6 is 0 Å². The molecule has 30 heavy (non-hydrogen) atoms. The van der Waals surface area contributed by atoms with Crippen LogP contribution < -0.4 is 10.6 Å². The second kappa shape index (κ2) is 8.36. The number of amides is 1. The third-order valence-corrected chi connectivity index (χ3v) is 4.75. The number of halogens is 2. The molecule has 1 aliphatic carbocycles. The molecule has 1 fully saturated rings. The van der Waals surface area contributed by atoms with E-state index in [-0.39, 0.29) is 41.3 Å². The fourth-order valence-electron chi connectivity index (χ4n) is 2.93. The third-order valence-electron chi connectivity index (χ3n) is 4.75. The van der Waals surface area contributed by atoms with Crippen molar-refractivity contribution in [3.8, 4) is 0 Å². The van der Waals surface area contributed by atoms with Gasteiger partial charge in [0.2, 0.25) is 0 Å². The quantitative estimate of drug-likeness (QED) is 0.521. The van der Waals surface area contributed by atoms with Crippen molar-refractivity contribution in [2.75, 3.05) is 5.32 Å². The Kier molecular flexibility index (Phi) is 5.47. The van der Waals surface area contributed by atoms with E-state index < -0.39 is 11.6 Å². The van der Waals surface area contributed by atoms with Gasteiger partial charge < -0.3 is 10.6 Å². The number of para-hydroxylation sites is 1. The molecule has 1 amide bonds. The van der Waals surface area contributed by atoms with E-state index in [4.69, 9.17) is 5.41 Å². The van der Waals surface area contributed by atoms with Crippen molar-refractivity contribution in [3.63, 3.8) is 0 Å². The van der Waals surface area contributed by atoms with Crippen molar-refractivity contribution in [2.45, 2.75) is 25.4 Å². The number of rotatable bonds is 7. The lowest BCUT2D eigenvalue weighted by Gasteiger charge is -2.14. The number of carbonyl (C=O) groups excluding carboxylic acids is 1. The fourth-order valence-corrected chi connectivity index (χ4v) is 2.93. The maximum atomic E-state index is 14.5. The van der Waals surface area contributed by atoms with Crippen LogP contribution in [0.1, 0.15) is 40.2 Å². The van der Waals surface area contributed by atoms with E-state index in [1.165, 1.54) is 30.6 Å². The number of carbonyl (C=O) groups is 1. The van der Waals surface area contributed by atoms with Gasteiger partial charge in [-0.1, -0.05) is 30.3 Å². The van der Waals surface area contributed by atoms with Crippen molar-refractivity contribution in [1.82, 2.24) is 15.3 Å². The molecule has 1 saturated carbocycles. The van der Waals surface area contributed by atoms with Gasteiger partial charge in [-0.15, -0.1) is 0 Å². The van der Waals surface area contributed by atoms with E-state index in [2.05, 4.69) is 20.6 Å². The smallest absolute Gasteiger partial charge is 0.254 e. The van der Waals surface area contributed by atoms with Crippen LogP contribution in [0, 0.1) is 17.0 Å². The van der Waals surface area contributed by atoms with Crippen molar-refractivity contribution >= 4 is 17.3 Å². The molecule has 8 heteroatoms. The Labute approximate surface area is 171 Å². The number of benzene rings is 2. The van der Waals surface area contributed by atoms with Crippen molar-refractivity contribution in [1.29, 1.82) is 5.41 Å². The van der Waals surface area contributed by atoms with Crippen LogP contribution in [0.15, 0.2) is 54.9 Å². The molecule has 0 atom stereocenters. The van der Waals surface area contributed by atoms with Crippen molar-refractivity contribution in [2.24, 2.45) is 0 Å². The summed E-state index contributed by atoms with van der Waals surface area (Å²) in [6, 6.07) is 10.7. The molecular formula is C22H19F2N5O. The number of nitrogens with zero attached hydrogens (tertiary/aromatic N) is 2. The molecule has 4 rings (SSSR count). The summed E-state index contributed by atoms with van der Waals surface area (Å²) in [5, 5.41) is 14.1. The zero-order valence-electron chi connectivity index (χ0n) is 16.0. The van der Waals surface area contributed by atoms with E-state index in [0.29, 0.717) is 11.1 Å². The van der Waals surface area contributed by atoms with Gasteiger partial charge in [-0.3, -0.25) is 10.2 Å². The first kappa shape index (κ1) is 19.6. The van der Waals surface area contributed by atoms with Gasteiger partial charge in [-0.05, 0) is 25.0 Å². The largest absolute Gasteiger partial charge is 0.378 e. The minimum Gasteiger partial charge on any atom is -0.378 e. The van der Waals surface area contributed by atoms with E-state index in [1.54, 1.807) is 24.3 Å². The van der Waals surface area contributed by atoms with E-state index >= 15 is 0 Å². The lowest BCUT2D eigenvalue weighted by molar-refractivity contribution is 0.0950. The highest BCUT2D eigenvalue weighted by Gasteiger charge is 2.24. The summed E-state index contributed by atoms with van der Waals surface area (Å²) >= 11 is 0. The Morgan fingerprint density at radius 3 is 2.43 bits per heavy atom. The van der Waals surface area contributed by atoms with Crippen LogP contribution in [-0.2, 0) is 6.54 Å². The summed E-state index contributed by atoms with van der Waals surface area (Å²) < 4.78 is 28.4. The van der Waals surface area contributed by atoms with E-state index in [1.807, 2.05) is 0 Å². The molecule has 0 spiro atoms. The average molecular weight is 407 g/mol. The molecule has 3 aromatic rings. The Morgan fingerprint density at radius 1 is 1.03 bits per heavy atom. The highest BCUT2D eigenvalue weighted by atomic mass is 19.1. The van der Waals surface area contributed by atoms with Gasteiger partial charge in [0.05, 0.1) is 11.3 Å². The van der Waals surface area contributed by atoms with Crippen LogP contribution in [0.25, 0.3) is 0 Å². The van der Waals surface area contributed by atoms with Crippen molar-refractivity contribution < 1.29 is 13.6 Å². The van der Waals surface area contributed by atoms with Gasteiger partial charge in [0, 0.05) is 36.1 Å². The van der Waals surface area contributed by atoms with E-state index in [9.17, 15) is 13.6 Å². The summed E-state index contributed by atoms with van der Waals surface area (Å²) in [7, 11) is 0. The SMILES string of the molecule is N=C(c1ncc(C(=O)NC2CC2)cn1)c1cccc(F)c1NCc1ccccc1F. The molecule has 0 bridgehead atoms. The van der Waals surface area contributed by atoms with Crippen LogP contribution in [0.3, 0.4) is 0 Å². The first-order valence-corrected chi connectivity index (χ1v) is 9.51. The minimum atomic E-state index is -0.575. The normalized spacial score (nSPS) is 13.0. The molecule has 0 radical (unpaired) electrons. The first-order valence-electron chi connectivity index (χ1n) is 9.51. The Balaban J connectivity index is 1.54. The maximum Gasteiger partial charge on any atom is 0.254 e. The molecule has 1 aromatic heterocycles. The fraction of sp³-hybridized carbons (Fsp3) is 0.182. The third kappa shape index (κ3) is 4.32. The van der Waals surface area contributed by atoms with Gasteiger partial charge >= 0.3 is 0 Å². The van der Waals surface area contributed by atoms with Gasteiger partial charge in [0.1, 0.15) is 17.3 Å². The number of hydrogen-bond donors (Lipinski definition) is 3. The standard InChI is InChI=1S/C22H19F2N5O/c23-17-6-2-1-4-13(17)10-26-20-16(5-3-7-18(20)24)19(25)21-27-11-14(12-28-21)22(30)29-15-8-9-15/h1-7,11-12,15,25-26H,8-10H2,(H,29,30). The topological polar surface area (TPSA) is 90.8 Å². The highest BCUT2D eigenvalue weighted by molar-refractivity contribution is 6.12. The molecule has 1 aliphatic rings. The molecule has 6 nitrogen and oxygen atoms in total. The zero-order chi connectivity index (χ0) is 21.1. The van der Waals surface area contributed by atoms with Gasteiger partial charge in [0.15, 0.2) is 5.82 Å². The number of aromatic nitrogens is 2. The van der Waals surface area contributed by atoms with Crippen molar-refractivity contribution in [3.05, 3.63) is 89.0 Å². The lowest BCUT2D eigenvalue weighted by atomic mass is 10.1. The monoisotopic (exact) mass is 407 g/mol. The number of anilines is 1. The van der Waals surface area contributed by atoms with Gasteiger partial charge in [-0.2, -0.15) is 0 Å². The van der Waals surface area contributed by atoms with Crippen LogP contribution in [-0.4, -0.2) is 27.6 Å². The summed E-state index contributed by atoms with van der Waals surface area (Å²) in [6.45, 7) is 0.0506. The molecule has 0 unspecified atom stereocenters. The van der Waals surface area contributed by atoms with Crippen LogP contribution in [0.5, 0.6) is 0 Å². The zero-order valence-corrected chi connectivity index (χ0v) is 16.0. The molecular weight excluding hydrogens is 388 g/mol. The summed E-state index contributed by atoms with van der Waals surface area (Å²) in [4.78, 5) is 20.3. The Morgan fingerprint density at radius 2 is 1.73 bits per heavy atom. The summed E-state index contributed by atoms with van der Waals surface area (Å²) in [5.41, 5.74) is 0.863. The second-order valence-electron chi connectivity index (χ2n) is 7.03. The predicted molar refractivity (Wildman–Crippen MR) is 109 cm³/mol. The number of hydrogen-bond acceptors (Lipinski definition) is 5. The first-order chi connectivity index (χ1) is 14.5. The molecule has 0 aliphatic heterocycles. The lowest BCUT2D eigenvalue weighted by Crippen LogP contribution is -2.26. The molecule has 152 valence electrons. The van der Waals surface area contributed by atoms with Crippen LogP contribution in [0.2, 0.25) is 0 Å². The Bertz CT molecular complexity index is 1100. The van der Waals surface area contributed by atoms with E-state index in [0.717, 1.165) is 12.8 Å². The maximum absolute atomic E-state index is 14.5. The second-order valence-corrected chi connectivity index (χ2v) is 7.03. The number of nitrogens with one attached hydrogen (secondary N) is 3. The molecule has 3 N–H and O–H groups in total. The summed E-state index contributed by atoms with van der Waals surface area (Å²) in [5.74, 6) is -1.18. The highest BCUT2D eigenvalue weighted by Crippen LogP contribution is 2.23. The van der Waals surface area contributed by atoms with Crippen LogP contribution in [0.4, 0.5) is 14.5 Å². The summed E-state index contributed by atoms with van der Waals surface area (Å²) in [6.07, 6.45) is 4.63. The molecule has 0 saturated heterocycles. The molecule has 1 heterocycles.